The Morgan fingerprint density at radius 3 is 2.71 bits per heavy atom. The van der Waals surface area contributed by atoms with E-state index in [1.807, 2.05) is 24.3 Å². The Bertz CT molecular complexity index is 813. The molecular weight excluding hydrogens is 368 g/mol. The third kappa shape index (κ3) is 2.55. The number of halogens is 1. The van der Waals surface area contributed by atoms with Gasteiger partial charge in [-0.3, -0.25) is 4.79 Å². The zero-order valence-electron chi connectivity index (χ0n) is 13.0. The Morgan fingerprint density at radius 1 is 1.17 bits per heavy atom. The second kappa shape index (κ2) is 6.10. The molecule has 0 saturated heterocycles. The SMILES string of the molecule is O=C1Oc2cc(O)ccc2C2=C[C@@H](c3ccccc3)[C@@H](CBr)C[C@@H]12. The third-order valence-corrected chi connectivity index (χ3v) is 5.77. The first kappa shape index (κ1) is 15.5. The standard InChI is InChI=1S/C20H17BrO3/c21-11-13-8-18-17(10-16(13)12-4-2-1-3-5-12)15-7-6-14(22)9-19(15)24-20(18)23/h1-7,9-10,13,16,18,22H,8,11H2/t13-,16+,18-/m1/s1. The van der Waals surface area contributed by atoms with Gasteiger partial charge < -0.3 is 9.84 Å². The van der Waals surface area contributed by atoms with E-state index >= 15 is 0 Å². The highest BCUT2D eigenvalue weighted by Crippen LogP contribution is 2.48. The largest absolute Gasteiger partial charge is 0.508 e. The summed E-state index contributed by atoms with van der Waals surface area (Å²) in [6.45, 7) is 0. The van der Waals surface area contributed by atoms with Crippen LogP contribution in [0.2, 0.25) is 0 Å². The molecule has 0 bridgehead atoms. The first-order chi connectivity index (χ1) is 11.7. The second-order valence-electron chi connectivity index (χ2n) is 6.36. The molecule has 2 aromatic carbocycles. The quantitative estimate of drug-likeness (QED) is 0.470. The number of allylic oxidation sites excluding steroid dienone is 1. The highest BCUT2D eigenvalue weighted by Gasteiger charge is 2.40. The monoisotopic (exact) mass is 384 g/mol. The summed E-state index contributed by atoms with van der Waals surface area (Å²) >= 11 is 3.61. The van der Waals surface area contributed by atoms with Crippen LogP contribution in [0, 0.1) is 11.8 Å². The van der Waals surface area contributed by atoms with E-state index in [0.29, 0.717) is 11.7 Å². The number of ether oxygens (including phenoxy) is 1. The fourth-order valence-electron chi connectivity index (χ4n) is 3.74. The van der Waals surface area contributed by atoms with Crippen LogP contribution in [0.15, 0.2) is 54.6 Å². The van der Waals surface area contributed by atoms with Crippen molar-refractivity contribution in [3.63, 3.8) is 0 Å². The number of esters is 1. The minimum Gasteiger partial charge on any atom is -0.508 e. The summed E-state index contributed by atoms with van der Waals surface area (Å²) in [5.41, 5.74) is 3.19. The fourth-order valence-corrected chi connectivity index (χ4v) is 4.41. The Hall–Kier alpha value is -2.07. The van der Waals surface area contributed by atoms with Gasteiger partial charge in [0, 0.05) is 22.9 Å². The molecule has 3 nitrogen and oxygen atoms in total. The smallest absolute Gasteiger partial charge is 0.318 e. The van der Waals surface area contributed by atoms with Crippen LogP contribution in [0.4, 0.5) is 0 Å². The maximum Gasteiger partial charge on any atom is 0.318 e. The Labute approximate surface area is 149 Å². The highest BCUT2D eigenvalue weighted by atomic mass is 79.9. The van der Waals surface area contributed by atoms with Crippen LogP contribution >= 0.6 is 15.9 Å². The molecule has 0 fully saturated rings. The molecule has 0 spiro atoms. The van der Waals surface area contributed by atoms with E-state index in [2.05, 4.69) is 34.1 Å². The molecule has 4 rings (SSSR count). The molecule has 0 unspecified atom stereocenters. The predicted molar refractivity (Wildman–Crippen MR) is 96.3 cm³/mol. The molecule has 1 N–H and O–H groups in total. The molecule has 0 radical (unpaired) electrons. The van der Waals surface area contributed by atoms with Gasteiger partial charge in [-0.1, -0.05) is 52.3 Å². The van der Waals surface area contributed by atoms with Gasteiger partial charge in [0.05, 0.1) is 5.92 Å². The summed E-state index contributed by atoms with van der Waals surface area (Å²) in [6, 6.07) is 15.4. The zero-order chi connectivity index (χ0) is 16.7. The van der Waals surface area contributed by atoms with Crippen LogP contribution in [0.25, 0.3) is 5.57 Å². The van der Waals surface area contributed by atoms with Gasteiger partial charge in [0.2, 0.25) is 0 Å². The molecule has 2 aliphatic rings. The topological polar surface area (TPSA) is 46.5 Å². The number of fused-ring (bicyclic) bond motifs is 3. The maximum atomic E-state index is 12.4. The average molecular weight is 385 g/mol. The lowest BCUT2D eigenvalue weighted by molar-refractivity contribution is -0.138. The summed E-state index contributed by atoms with van der Waals surface area (Å²) in [5.74, 6) is 0.694. The minimum atomic E-state index is -0.232. The van der Waals surface area contributed by atoms with Crippen LogP contribution in [0.1, 0.15) is 23.5 Å². The molecule has 3 atom stereocenters. The first-order valence-corrected chi connectivity index (χ1v) is 9.17. The number of alkyl halides is 1. The molecule has 0 amide bonds. The predicted octanol–water partition coefficient (Wildman–Crippen LogP) is 4.51. The summed E-state index contributed by atoms with van der Waals surface area (Å²) in [5, 5.41) is 10.5. The van der Waals surface area contributed by atoms with Crippen molar-refractivity contribution in [1.82, 2.24) is 0 Å². The number of aromatic hydroxyl groups is 1. The number of carbonyl (C=O) groups excluding carboxylic acids is 1. The summed E-state index contributed by atoms with van der Waals surface area (Å²) in [7, 11) is 0. The normalized spacial score (nSPS) is 25.3. The van der Waals surface area contributed by atoms with Crippen molar-refractivity contribution in [2.75, 3.05) is 5.33 Å². The van der Waals surface area contributed by atoms with Crippen molar-refractivity contribution in [1.29, 1.82) is 0 Å². The molecular formula is C20H17BrO3. The number of benzene rings is 2. The van der Waals surface area contributed by atoms with Crippen molar-refractivity contribution in [2.45, 2.75) is 12.3 Å². The zero-order valence-corrected chi connectivity index (χ0v) is 14.6. The molecule has 122 valence electrons. The van der Waals surface area contributed by atoms with E-state index in [0.717, 1.165) is 22.9 Å². The van der Waals surface area contributed by atoms with Gasteiger partial charge in [0.1, 0.15) is 11.5 Å². The first-order valence-electron chi connectivity index (χ1n) is 8.05. The summed E-state index contributed by atoms with van der Waals surface area (Å²) in [4.78, 5) is 12.4. The van der Waals surface area contributed by atoms with Gasteiger partial charge in [-0.15, -0.1) is 0 Å². The molecule has 24 heavy (non-hydrogen) atoms. The van der Waals surface area contributed by atoms with Gasteiger partial charge in [-0.25, -0.2) is 0 Å². The van der Waals surface area contributed by atoms with E-state index in [1.165, 1.54) is 11.6 Å². The number of hydrogen-bond acceptors (Lipinski definition) is 3. The van der Waals surface area contributed by atoms with Gasteiger partial charge in [0.25, 0.3) is 0 Å². The lowest BCUT2D eigenvalue weighted by Crippen LogP contribution is -2.33. The van der Waals surface area contributed by atoms with Crippen LogP contribution < -0.4 is 4.74 Å². The Kier molecular flexibility index (Phi) is 3.93. The number of rotatable bonds is 2. The summed E-state index contributed by atoms with van der Waals surface area (Å²) in [6.07, 6.45) is 2.97. The van der Waals surface area contributed by atoms with E-state index in [9.17, 15) is 9.90 Å². The van der Waals surface area contributed by atoms with E-state index in [4.69, 9.17) is 4.74 Å². The van der Waals surface area contributed by atoms with Gasteiger partial charge in [-0.05, 0) is 35.6 Å². The molecule has 2 aromatic rings. The number of carbonyl (C=O) groups is 1. The van der Waals surface area contributed by atoms with Crippen molar-refractivity contribution in [2.24, 2.45) is 11.8 Å². The van der Waals surface area contributed by atoms with Gasteiger partial charge >= 0.3 is 5.97 Å². The number of hydrogen-bond donors (Lipinski definition) is 1. The number of phenols is 1. The van der Waals surface area contributed by atoms with Crippen molar-refractivity contribution < 1.29 is 14.6 Å². The van der Waals surface area contributed by atoms with E-state index in [1.54, 1.807) is 6.07 Å². The fraction of sp³-hybridized carbons (Fsp3) is 0.250. The molecule has 0 aromatic heterocycles. The van der Waals surface area contributed by atoms with Crippen LogP contribution in [-0.2, 0) is 4.79 Å². The van der Waals surface area contributed by atoms with E-state index in [-0.39, 0.29) is 23.6 Å². The van der Waals surface area contributed by atoms with Crippen molar-refractivity contribution >= 4 is 27.5 Å². The molecule has 1 aliphatic carbocycles. The van der Waals surface area contributed by atoms with Crippen molar-refractivity contribution in [3.8, 4) is 11.5 Å². The van der Waals surface area contributed by atoms with E-state index < -0.39 is 0 Å². The summed E-state index contributed by atoms with van der Waals surface area (Å²) < 4.78 is 5.46. The van der Waals surface area contributed by atoms with Crippen LogP contribution in [0.5, 0.6) is 11.5 Å². The van der Waals surface area contributed by atoms with Crippen LogP contribution in [-0.4, -0.2) is 16.4 Å². The van der Waals surface area contributed by atoms with Gasteiger partial charge in [0.15, 0.2) is 0 Å². The van der Waals surface area contributed by atoms with Crippen molar-refractivity contribution in [3.05, 3.63) is 65.7 Å². The Balaban J connectivity index is 1.85. The maximum absolute atomic E-state index is 12.4. The Morgan fingerprint density at radius 2 is 1.96 bits per heavy atom. The lowest BCUT2D eigenvalue weighted by atomic mass is 9.70. The average Bonchev–Trinajstić information content (AvgIpc) is 2.61. The number of phenolic OH excluding ortho intramolecular Hbond substituents is 1. The second-order valence-corrected chi connectivity index (χ2v) is 7.01. The van der Waals surface area contributed by atoms with Crippen LogP contribution in [0.3, 0.4) is 0 Å². The molecule has 1 heterocycles. The molecule has 1 aliphatic heterocycles. The highest BCUT2D eigenvalue weighted by molar-refractivity contribution is 9.09. The molecule has 0 saturated carbocycles. The third-order valence-electron chi connectivity index (χ3n) is 4.93. The molecule has 4 heteroatoms. The minimum absolute atomic E-state index is 0.106. The lowest BCUT2D eigenvalue weighted by Gasteiger charge is -2.37. The van der Waals surface area contributed by atoms with Gasteiger partial charge in [-0.2, -0.15) is 0 Å².